The van der Waals surface area contributed by atoms with Gasteiger partial charge in [-0.1, -0.05) is 18.2 Å². The lowest BCUT2D eigenvalue weighted by molar-refractivity contribution is -0.137. The maximum absolute atomic E-state index is 13.2. The van der Waals surface area contributed by atoms with Gasteiger partial charge in [0.1, 0.15) is 0 Å². The molecule has 158 valence electrons. The summed E-state index contributed by atoms with van der Waals surface area (Å²) in [6.07, 6.45) is -1.15. The fraction of sp³-hybridized carbons (Fsp3) is 0.174. The summed E-state index contributed by atoms with van der Waals surface area (Å²) >= 11 is 0. The van der Waals surface area contributed by atoms with E-state index in [-0.39, 0.29) is 18.1 Å². The molecule has 31 heavy (non-hydrogen) atoms. The van der Waals surface area contributed by atoms with Crippen LogP contribution in [0.1, 0.15) is 24.5 Å². The number of alkyl halides is 3. The van der Waals surface area contributed by atoms with Gasteiger partial charge < -0.3 is 10.2 Å². The summed E-state index contributed by atoms with van der Waals surface area (Å²) in [4.78, 5) is 30.1. The number of aromatic nitrogens is 1. The Kier molecular flexibility index (Phi) is 5.22. The molecule has 1 aromatic heterocycles. The number of amides is 2. The number of halogens is 3. The Morgan fingerprint density at radius 2 is 1.94 bits per heavy atom. The molecule has 2 heterocycles. The van der Waals surface area contributed by atoms with Gasteiger partial charge in [0.25, 0.3) is 0 Å². The first-order valence-electron chi connectivity index (χ1n) is 9.58. The van der Waals surface area contributed by atoms with Crippen molar-refractivity contribution >= 4 is 39.7 Å². The quantitative estimate of drug-likeness (QED) is 0.586. The molecule has 0 aliphatic carbocycles. The third-order valence-electron chi connectivity index (χ3n) is 5.13. The smallest absolute Gasteiger partial charge is 0.322 e. The Morgan fingerprint density at radius 1 is 1.13 bits per heavy atom. The number of nitrogens with zero attached hydrogens (tertiary/aromatic N) is 2. The lowest BCUT2D eigenvalue weighted by Gasteiger charge is -2.31. The second-order valence-corrected chi connectivity index (χ2v) is 7.22. The molecule has 0 fully saturated rings. The van der Waals surface area contributed by atoms with Gasteiger partial charge in [0.2, 0.25) is 11.8 Å². The molecule has 1 aliphatic rings. The third-order valence-corrected chi connectivity index (χ3v) is 5.13. The minimum absolute atomic E-state index is 0.155. The molecule has 0 radical (unpaired) electrons. The van der Waals surface area contributed by atoms with Gasteiger partial charge in [-0.2, -0.15) is 13.2 Å². The van der Waals surface area contributed by atoms with E-state index >= 15 is 0 Å². The fourth-order valence-electron chi connectivity index (χ4n) is 3.65. The normalized spacial score (nSPS) is 15.1. The summed E-state index contributed by atoms with van der Waals surface area (Å²) in [6.45, 7) is 1.50. The Morgan fingerprint density at radius 3 is 2.68 bits per heavy atom. The van der Waals surface area contributed by atoms with Crippen molar-refractivity contribution in [2.75, 3.05) is 16.8 Å². The highest BCUT2D eigenvalue weighted by Crippen LogP contribution is 2.39. The van der Waals surface area contributed by atoms with Gasteiger partial charge in [0.15, 0.2) is 0 Å². The van der Waals surface area contributed by atoms with Gasteiger partial charge in [0, 0.05) is 42.4 Å². The largest absolute Gasteiger partial charge is 0.416 e. The molecule has 3 aromatic rings. The standard InChI is InChI=1S/C23H18F3N3O2/c1-14(30)29-10-8-16(19-7-5-17(12-21(19)29)23(24,25)26)11-22(31)28-18-6-4-15-3-2-9-27-20(15)13-18/h2-7,9,11-13H,8,10H2,1H3,(H,28,31)/b16-11+. The lowest BCUT2D eigenvalue weighted by Crippen LogP contribution is -2.33. The number of hydrogen-bond acceptors (Lipinski definition) is 3. The van der Waals surface area contributed by atoms with E-state index in [0.29, 0.717) is 23.2 Å². The van der Waals surface area contributed by atoms with Crippen molar-refractivity contribution in [3.63, 3.8) is 0 Å². The van der Waals surface area contributed by atoms with Crippen LogP contribution in [0.25, 0.3) is 16.5 Å². The first-order valence-corrected chi connectivity index (χ1v) is 9.58. The first kappa shape index (κ1) is 20.6. The van der Waals surface area contributed by atoms with E-state index in [1.54, 1.807) is 18.3 Å². The molecule has 5 nitrogen and oxygen atoms in total. The first-order chi connectivity index (χ1) is 14.7. The van der Waals surface area contributed by atoms with Crippen molar-refractivity contribution in [2.24, 2.45) is 0 Å². The molecule has 0 bridgehead atoms. The number of benzene rings is 2. The van der Waals surface area contributed by atoms with Gasteiger partial charge in [-0.15, -0.1) is 0 Å². The lowest BCUT2D eigenvalue weighted by atomic mass is 9.93. The highest BCUT2D eigenvalue weighted by Gasteiger charge is 2.33. The average molecular weight is 425 g/mol. The summed E-state index contributed by atoms with van der Waals surface area (Å²) in [6, 6.07) is 12.3. The van der Waals surface area contributed by atoms with Crippen molar-refractivity contribution in [1.29, 1.82) is 0 Å². The van der Waals surface area contributed by atoms with Crippen LogP contribution in [0.15, 0.2) is 60.8 Å². The number of pyridine rings is 1. The number of rotatable bonds is 2. The second-order valence-electron chi connectivity index (χ2n) is 7.22. The summed E-state index contributed by atoms with van der Waals surface area (Å²) in [7, 11) is 0. The third kappa shape index (κ3) is 4.28. The van der Waals surface area contributed by atoms with Crippen LogP contribution in [0.3, 0.4) is 0 Å². The minimum atomic E-state index is -4.53. The van der Waals surface area contributed by atoms with Crippen LogP contribution in [0.2, 0.25) is 0 Å². The Hall–Kier alpha value is -3.68. The molecular weight excluding hydrogens is 407 g/mol. The zero-order valence-corrected chi connectivity index (χ0v) is 16.5. The molecule has 0 spiro atoms. The topological polar surface area (TPSA) is 62.3 Å². The molecule has 2 aromatic carbocycles. The van der Waals surface area contributed by atoms with Gasteiger partial charge >= 0.3 is 6.18 Å². The van der Waals surface area contributed by atoms with Crippen LogP contribution in [-0.4, -0.2) is 23.3 Å². The molecule has 8 heteroatoms. The summed E-state index contributed by atoms with van der Waals surface area (Å²) < 4.78 is 39.5. The minimum Gasteiger partial charge on any atom is -0.322 e. The second kappa shape index (κ2) is 7.86. The van der Waals surface area contributed by atoms with E-state index in [4.69, 9.17) is 0 Å². The zero-order valence-electron chi connectivity index (χ0n) is 16.5. The Balaban J connectivity index is 1.65. The number of carbonyl (C=O) groups is 2. The van der Waals surface area contributed by atoms with Crippen LogP contribution in [-0.2, 0) is 15.8 Å². The van der Waals surface area contributed by atoms with Crippen LogP contribution in [0.5, 0.6) is 0 Å². The van der Waals surface area contributed by atoms with Crippen LogP contribution < -0.4 is 10.2 Å². The SMILES string of the molecule is CC(=O)N1CC/C(=C\C(=O)Nc2ccc3cccnc3c2)c2ccc(C(F)(F)F)cc21. The van der Waals surface area contributed by atoms with Gasteiger partial charge in [-0.05, 0) is 42.3 Å². The molecule has 4 rings (SSSR count). The Bertz CT molecular complexity index is 1220. The van der Waals surface area contributed by atoms with E-state index in [1.807, 2.05) is 18.2 Å². The number of carbonyl (C=O) groups excluding carboxylic acids is 2. The molecule has 0 saturated carbocycles. The molecule has 2 amide bonds. The predicted molar refractivity (Wildman–Crippen MR) is 112 cm³/mol. The van der Waals surface area contributed by atoms with Crippen molar-refractivity contribution in [3.05, 3.63) is 71.9 Å². The predicted octanol–water partition coefficient (Wildman–Crippen LogP) is 5.03. The van der Waals surface area contributed by atoms with Crippen LogP contribution in [0, 0.1) is 0 Å². The van der Waals surface area contributed by atoms with Crippen molar-refractivity contribution in [2.45, 2.75) is 19.5 Å². The fourth-order valence-corrected chi connectivity index (χ4v) is 3.65. The van der Waals surface area contributed by atoms with Gasteiger partial charge in [-0.25, -0.2) is 0 Å². The molecule has 1 N–H and O–H groups in total. The van der Waals surface area contributed by atoms with Gasteiger partial charge in [-0.3, -0.25) is 14.6 Å². The number of anilines is 2. The number of nitrogens with one attached hydrogen (secondary N) is 1. The van der Waals surface area contributed by atoms with E-state index in [0.717, 1.165) is 23.0 Å². The van der Waals surface area contributed by atoms with E-state index in [1.165, 1.54) is 24.0 Å². The number of fused-ring (bicyclic) bond motifs is 2. The summed E-state index contributed by atoms with van der Waals surface area (Å²) in [5.41, 5.74) is 1.60. The van der Waals surface area contributed by atoms with Crippen molar-refractivity contribution < 1.29 is 22.8 Å². The molecule has 0 saturated heterocycles. The van der Waals surface area contributed by atoms with Crippen molar-refractivity contribution in [1.82, 2.24) is 4.98 Å². The molecule has 0 unspecified atom stereocenters. The highest BCUT2D eigenvalue weighted by atomic mass is 19.4. The molecular formula is C23H18F3N3O2. The maximum Gasteiger partial charge on any atom is 0.416 e. The summed E-state index contributed by atoms with van der Waals surface area (Å²) in [5, 5.41) is 3.70. The van der Waals surface area contributed by atoms with Crippen LogP contribution in [0.4, 0.5) is 24.5 Å². The molecule has 0 atom stereocenters. The Labute approximate surface area is 176 Å². The van der Waals surface area contributed by atoms with E-state index < -0.39 is 17.6 Å². The molecule has 1 aliphatic heterocycles. The maximum atomic E-state index is 13.2. The van der Waals surface area contributed by atoms with E-state index in [9.17, 15) is 22.8 Å². The van der Waals surface area contributed by atoms with Gasteiger partial charge in [0.05, 0.1) is 16.8 Å². The average Bonchev–Trinajstić information content (AvgIpc) is 2.72. The van der Waals surface area contributed by atoms with Crippen LogP contribution >= 0.6 is 0 Å². The monoisotopic (exact) mass is 425 g/mol. The summed E-state index contributed by atoms with van der Waals surface area (Å²) in [5.74, 6) is -0.764. The van der Waals surface area contributed by atoms with E-state index in [2.05, 4.69) is 10.3 Å². The number of hydrogen-bond donors (Lipinski definition) is 1. The van der Waals surface area contributed by atoms with Crippen molar-refractivity contribution in [3.8, 4) is 0 Å². The highest BCUT2D eigenvalue weighted by molar-refractivity contribution is 6.07. The zero-order chi connectivity index (χ0) is 22.2.